The summed E-state index contributed by atoms with van der Waals surface area (Å²) in [4.78, 5) is 36.2. The predicted octanol–water partition coefficient (Wildman–Crippen LogP) is 2.10. The van der Waals surface area contributed by atoms with Crippen LogP contribution >= 0.6 is 11.6 Å². The second kappa shape index (κ2) is 9.01. The maximum Gasteiger partial charge on any atom is 0.238 e. The minimum atomic E-state index is -3.81. The number of carbonyl (C=O) groups is 3. The first-order chi connectivity index (χ1) is 14.9. The van der Waals surface area contributed by atoms with Gasteiger partial charge in [0.15, 0.2) is 0 Å². The molecule has 32 heavy (non-hydrogen) atoms. The monoisotopic (exact) mass is 477 g/mol. The van der Waals surface area contributed by atoms with Crippen LogP contribution in [0, 0.1) is 0 Å². The summed E-state index contributed by atoms with van der Waals surface area (Å²) in [6.07, 6.45) is 0.663. The second-order valence-electron chi connectivity index (χ2n) is 8.24. The van der Waals surface area contributed by atoms with Crippen molar-refractivity contribution in [2.24, 2.45) is 5.14 Å². The Kier molecular flexibility index (Phi) is 6.73. The van der Waals surface area contributed by atoms with Gasteiger partial charge < -0.3 is 5.32 Å². The Morgan fingerprint density at radius 1 is 1.19 bits per heavy atom. The zero-order valence-electron chi connectivity index (χ0n) is 17.6. The van der Waals surface area contributed by atoms with Gasteiger partial charge in [-0.25, -0.2) is 13.6 Å². The van der Waals surface area contributed by atoms with E-state index in [2.05, 4.69) is 10.6 Å². The van der Waals surface area contributed by atoms with Crippen molar-refractivity contribution in [3.8, 4) is 0 Å². The smallest absolute Gasteiger partial charge is 0.238 e. The van der Waals surface area contributed by atoms with Crippen molar-refractivity contribution in [2.45, 2.75) is 49.5 Å². The van der Waals surface area contributed by atoms with Crippen molar-refractivity contribution in [1.29, 1.82) is 0 Å². The number of hydrogen-bond acceptors (Lipinski definition) is 5. The Morgan fingerprint density at radius 2 is 1.84 bits per heavy atom. The lowest BCUT2D eigenvalue weighted by molar-refractivity contribution is -0.134. The van der Waals surface area contributed by atoms with E-state index in [0.29, 0.717) is 22.6 Å². The van der Waals surface area contributed by atoms with Gasteiger partial charge in [-0.1, -0.05) is 35.9 Å². The molecular formula is C22H24ClN3O5S. The van der Waals surface area contributed by atoms with Gasteiger partial charge >= 0.3 is 0 Å². The maximum absolute atomic E-state index is 12.8. The quantitative estimate of drug-likeness (QED) is 0.547. The van der Waals surface area contributed by atoms with E-state index in [4.69, 9.17) is 16.7 Å². The van der Waals surface area contributed by atoms with Crippen LogP contribution in [0.25, 0.3) is 0 Å². The molecule has 1 unspecified atom stereocenters. The molecule has 1 aliphatic heterocycles. The van der Waals surface area contributed by atoms with Gasteiger partial charge in [0.25, 0.3) is 0 Å². The van der Waals surface area contributed by atoms with Crippen molar-refractivity contribution in [2.75, 3.05) is 0 Å². The largest absolute Gasteiger partial charge is 0.351 e. The number of sulfonamides is 1. The van der Waals surface area contributed by atoms with Crippen LogP contribution in [0.2, 0.25) is 5.02 Å². The summed E-state index contributed by atoms with van der Waals surface area (Å²) in [5, 5.41) is 10.7. The molecule has 0 bridgehead atoms. The number of piperidine rings is 1. The summed E-state index contributed by atoms with van der Waals surface area (Å²) in [5.41, 5.74) is 1.10. The average molecular weight is 478 g/mol. The van der Waals surface area contributed by atoms with Gasteiger partial charge in [-0.05, 0) is 55.2 Å². The summed E-state index contributed by atoms with van der Waals surface area (Å²) in [6.45, 7) is 3.67. The third-order valence-electron chi connectivity index (χ3n) is 5.60. The van der Waals surface area contributed by atoms with Gasteiger partial charge in [0, 0.05) is 18.0 Å². The standard InChI is InChI=1S/C22H24ClN3O5S/c1-22(2,14-4-6-15(7-5-14)32(24,30)31)21(29)25-12-13-3-8-16(18(23)11-13)17-9-10-19(27)26-20(17)28/h3-8,11,17H,9-10,12H2,1-2H3,(H,25,29)(H2,24,30,31)(H,26,27,28). The molecule has 1 aliphatic rings. The highest BCUT2D eigenvalue weighted by Gasteiger charge is 2.31. The third kappa shape index (κ3) is 5.17. The Labute approximate surface area is 191 Å². The highest BCUT2D eigenvalue weighted by Crippen LogP contribution is 2.31. The number of amides is 3. The van der Waals surface area contributed by atoms with Crippen LogP contribution in [0.4, 0.5) is 0 Å². The molecule has 2 aromatic rings. The van der Waals surface area contributed by atoms with Crippen LogP contribution in [-0.4, -0.2) is 26.1 Å². The van der Waals surface area contributed by atoms with E-state index in [1.54, 1.807) is 44.2 Å². The van der Waals surface area contributed by atoms with Crippen LogP contribution in [0.5, 0.6) is 0 Å². The van der Waals surface area contributed by atoms with E-state index in [1.807, 2.05) is 0 Å². The molecule has 2 aromatic carbocycles. The number of imide groups is 1. The molecule has 170 valence electrons. The van der Waals surface area contributed by atoms with Gasteiger partial charge in [-0.15, -0.1) is 0 Å². The van der Waals surface area contributed by atoms with Gasteiger partial charge in [-0.2, -0.15) is 0 Å². The number of halogens is 1. The predicted molar refractivity (Wildman–Crippen MR) is 119 cm³/mol. The van der Waals surface area contributed by atoms with E-state index in [9.17, 15) is 22.8 Å². The molecule has 4 N–H and O–H groups in total. The Balaban J connectivity index is 1.68. The van der Waals surface area contributed by atoms with Crippen LogP contribution in [0.15, 0.2) is 47.4 Å². The lowest BCUT2D eigenvalue weighted by atomic mass is 9.83. The van der Waals surface area contributed by atoms with Crippen LogP contribution < -0.4 is 15.8 Å². The lowest BCUT2D eigenvalue weighted by Crippen LogP contribution is -2.40. The minimum Gasteiger partial charge on any atom is -0.351 e. The van der Waals surface area contributed by atoms with Crippen LogP contribution in [0.1, 0.15) is 49.3 Å². The molecule has 0 spiro atoms. The van der Waals surface area contributed by atoms with E-state index in [-0.39, 0.29) is 35.6 Å². The highest BCUT2D eigenvalue weighted by atomic mass is 35.5. The molecule has 0 radical (unpaired) electrons. The molecule has 8 nitrogen and oxygen atoms in total. The first kappa shape index (κ1) is 23.9. The summed E-state index contributed by atoms with van der Waals surface area (Å²) in [6, 6.07) is 11.1. The normalized spacial score (nSPS) is 17.1. The SMILES string of the molecule is CC(C)(C(=O)NCc1ccc(C2CCC(=O)NC2=O)c(Cl)c1)c1ccc(S(N)(=O)=O)cc1. The third-order valence-corrected chi connectivity index (χ3v) is 6.86. The second-order valence-corrected chi connectivity index (χ2v) is 10.2. The van der Waals surface area contributed by atoms with E-state index in [0.717, 1.165) is 5.56 Å². The van der Waals surface area contributed by atoms with Gasteiger partial charge in [0.1, 0.15) is 0 Å². The fourth-order valence-corrected chi connectivity index (χ4v) is 4.40. The lowest BCUT2D eigenvalue weighted by Gasteiger charge is -2.25. The molecule has 0 aliphatic carbocycles. The number of benzene rings is 2. The van der Waals surface area contributed by atoms with Crippen molar-refractivity contribution in [1.82, 2.24) is 10.6 Å². The molecule has 10 heteroatoms. The Hall–Kier alpha value is -2.75. The van der Waals surface area contributed by atoms with E-state index in [1.165, 1.54) is 12.1 Å². The molecule has 3 rings (SSSR count). The number of nitrogens with one attached hydrogen (secondary N) is 2. The van der Waals surface area contributed by atoms with E-state index < -0.39 is 21.4 Å². The number of carbonyl (C=O) groups excluding carboxylic acids is 3. The number of primary sulfonamides is 1. The zero-order valence-corrected chi connectivity index (χ0v) is 19.2. The first-order valence-corrected chi connectivity index (χ1v) is 11.9. The number of rotatable bonds is 6. The molecular weight excluding hydrogens is 454 g/mol. The Morgan fingerprint density at radius 3 is 2.41 bits per heavy atom. The van der Waals surface area contributed by atoms with Gasteiger partial charge in [0.2, 0.25) is 27.7 Å². The van der Waals surface area contributed by atoms with Crippen molar-refractivity contribution >= 4 is 39.3 Å². The molecule has 1 heterocycles. The summed E-state index contributed by atoms with van der Waals surface area (Å²) >= 11 is 6.38. The topological polar surface area (TPSA) is 135 Å². The fourth-order valence-electron chi connectivity index (χ4n) is 3.55. The van der Waals surface area contributed by atoms with Crippen molar-refractivity contribution < 1.29 is 22.8 Å². The fraction of sp³-hybridized carbons (Fsp3) is 0.318. The van der Waals surface area contributed by atoms with Gasteiger partial charge in [0.05, 0.1) is 16.2 Å². The van der Waals surface area contributed by atoms with Crippen molar-refractivity contribution in [3.05, 3.63) is 64.2 Å². The first-order valence-electron chi connectivity index (χ1n) is 9.93. The summed E-state index contributed by atoms with van der Waals surface area (Å²) in [7, 11) is -3.81. The molecule has 1 atom stereocenters. The molecule has 1 fully saturated rings. The Bertz CT molecular complexity index is 1180. The van der Waals surface area contributed by atoms with Crippen molar-refractivity contribution in [3.63, 3.8) is 0 Å². The number of hydrogen-bond donors (Lipinski definition) is 3. The minimum absolute atomic E-state index is 0.0248. The van der Waals surface area contributed by atoms with E-state index >= 15 is 0 Å². The number of nitrogens with two attached hydrogens (primary N) is 1. The molecule has 1 saturated heterocycles. The summed E-state index contributed by atoms with van der Waals surface area (Å²) < 4.78 is 22.8. The molecule has 0 aromatic heterocycles. The molecule has 3 amide bonds. The van der Waals surface area contributed by atoms with Crippen LogP contribution in [-0.2, 0) is 36.4 Å². The molecule has 0 saturated carbocycles. The highest BCUT2D eigenvalue weighted by molar-refractivity contribution is 7.89. The van der Waals surface area contributed by atoms with Gasteiger partial charge in [-0.3, -0.25) is 19.7 Å². The maximum atomic E-state index is 12.8. The zero-order chi connectivity index (χ0) is 23.7. The van der Waals surface area contributed by atoms with Crippen LogP contribution in [0.3, 0.4) is 0 Å². The summed E-state index contributed by atoms with van der Waals surface area (Å²) in [5.74, 6) is -1.39. The average Bonchev–Trinajstić information content (AvgIpc) is 2.72.